The number of aromatic nitrogens is 3. The van der Waals surface area contributed by atoms with Crippen LogP contribution in [0.15, 0.2) is 48.7 Å². The molecule has 0 amide bonds. The minimum absolute atomic E-state index is 0.121. The molecule has 3 rings (SSSR count). The largest absolute Gasteiger partial charge is 0.305 e. The third-order valence-corrected chi connectivity index (χ3v) is 3.17. The molecule has 0 saturated heterocycles. The molecule has 7 nitrogen and oxygen atoms in total. The Balaban J connectivity index is 1.71. The van der Waals surface area contributed by atoms with Gasteiger partial charge in [0.15, 0.2) is 11.5 Å². The van der Waals surface area contributed by atoms with Gasteiger partial charge in [-0.05, 0) is 12.1 Å². The molecule has 0 aliphatic heterocycles. The number of nitro groups is 1. The highest BCUT2D eigenvalue weighted by molar-refractivity contribution is 5.40. The molecule has 0 aliphatic rings. The quantitative estimate of drug-likeness (QED) is 0.571. The second-order valence-electron chi connectivity index (χ2n) is 4.53. The summed E-state index contributed by atoms with van der Waals surface area (Å²) in [6, 6.07) is 12.4. The van der Waals surface area contributed by atoms with E-state index in [0.29, 0.717) is 18.7 Å². The summed E-state index contributed by atoms with van der Waals surface area (Å²) in [6.07, 6.45) is 1.89. The van der Waals surface area contributed by atoms with E-state index in [4.69, 9.17) is 0 Å². The molecular formula is C14H13N5O2. The van der Waals surface area contributed by atoms with E-state index in [9.17, 15) is 10.1 Å². The number of pyridine rings is 1. The molecule has 3 aromatic rings. The first-order valence-electron chi connectivity index (χ1n) is 6.47. The molecule has 21 heavy (non-hydrogen) atoms. The summed E-state index contributed by atoms with van der Waals surface area (Å²) in [4.78, 5) is 10.6. The fourth-order valence-electron chi connectivity index (χ4n) is 2.16. The van der Waals surface area contributed by atoms with E-state index in [2.05, 4.69) is 15.5 Å². The van der Waals surface area contributed by atoms with Crippen LogP contribution in [0, 0.1) is 10.1 Å². The molecule has 2 aromatic heterocycles. The maximum Gasteiger partial charge on any atom is 0.273 e. The number of hydrogen-bond acceptors (Lipinski definition) is 5. The molecule has 0 radical (unpaired) electrons. The first-order chi connectivity index (χ1) is 10.3. The van der Waals surface area contributed by atoms with Crippen molar-refractivity contribution in [1.29, 1.82) is 0 Å². The van der Waals surface area contributed by atoms with Gasteiger partial charge >= 0.3 is 0 Å². The summed E-state index contributed by atoms with van der Waals surface area (Å²) in [5.41, 5.74) is 1.55. The molecular weight excluding hydrogens is 270 g/mol. The van der Waals surface area contributed by atoms with Crippen LogP contribution in [0.25, 0.3) is 5.65 Å². The Morgan fingerprint density at radius 3 is 2.76 bits per heavy atom. The average molecular weight is 283 g/mol. The molecule has 106 valence electrons. The van der Waals surface area contributed by atoms with Gasteiger partial charge in [-0.1, -0.05) is 24.3 Å². The van der Waals surface area contributed by atoms with Crippen LogP contribution in [0.3, 0.4) is 0 Å². The Morgan fingerprint density at radius 2 is 1.90 bits per heavy atom. The first-order valence-corrected chi connectivity index (χ1v) is 6.47. The highest BCUT2D eigenvalue weighted by atomic mass is 16.6. The van der Waals surface area contributed by atoms with Crippen molar-refractivity contribution in [2.75, 3.05) is 0 Å². The van der Waals surface area contributed by atoms with Gasteiger partial charge in [-0.25, -0.2) is 0 Å². The van der Waals surface area contributed by atoms with Gasteiger partial charge < -0.3 is 5.32 Å². The molecule has 0 bridgehead atoms. The smallest absolute Gasteiger partial charge is 0.273 e. The zero-order valence-corrected chi connectivity index (χ0v) is 11.1. The number of rotatable bonds is 5. The lowest BCUT2D eigenvalue weighted by Crippen LogP contribution is -2.15. The van der Waals surface area contributed by atoms with Crippen molar-refractivity contribution >= 4 is 11.3 Å². The van der Waals surface area contributed by atoms with Gasteiger partial charge in [-0.3, -0.25) is 14.5 Å². The third kappa shape index (κ3) is 2.72. The van der Waals surface area contributed by atoms with E-state index < -0.39 is 0 Å². The lowest BCUT2D eigenvalue weighted by atomic mass is 10.2. The van der Waals surface area contributed by atoms with Crippen molar-refractivity contribution < 1.29 is 4.92 Å². The molecule has 2 heterocycles. The van der Waals surface area contributed by atoms with E-state index in [1.165, 1.54) is 6.07 Å². The van der Waals surface area contributed by atoms with Crippen LogP contribution in [0.2, 0.25) is 0 Å². The van der Waals surface area contributed by atoms with Gasteiger partial charge in [-0.2, -0.15) is 0 Å². The highest BCUT2D eigenvalue weighted by Gasteiger charge is 2.12. The van der Waals surface area contributed by atoms with Gasteiger partial charge in [0.2, 0.25) is 0 Å². The van der Waals surface area contributed by atoms with Crippen molar-refractivity contribution in [2.45, 2.75) is 13.1 Å². The molecule has 7 heteroatoms. The molecule has 1 N–H and O–H groups in total. The predicted molar refractivity (Wildman–Crippen MR) is 76.6 cm³/mol. The van der Waals surface area contributed by atoms with Crippen molar-refractivity contribution in [3.63, 3.8) is 0 Å². The van der Waals surface area contributed by atoms with Crippen LogP contribution in [0.5, 0.6) is 0 Å². The summed E-state index contributed by atoms with van der Waals surface area (Å²) in [7, 11) is 0. The minimum Gasteiger partial charge on any atom is -0.305 e. The van der Waals surface area contributed by atoms with Crippen molar-refractivity contribution in [3.05, 3.63) is 70.2 Å². The molecule has 0 atom stereocenters. The van der Waals surface area contributed by atoms with Crippen LogP contribution < -0.4 is 5.32 Å². The number of nitrogens with one attached hydrogen (secondary N) is 1. The number of hydrogen-bond donors (Lipinski definition) is 1. The van der Waals surface area contributed by atoms with Crippen LogP contribution in [-0.2, 0) is 13.1 Å². The van der Waals surface area contributed by atoms with Crippen LogP contribution in [0.4, 0.5) is 5.69 Å². The number of fused-ring (bicyclic) bond motifs is 1. The van der Waals surface area contributed by atoms with E-state index >= 15 is 0 Å². The van der Waals surface area contributed by atoms with E-state index in [1.807, 2.05) is 28.8 Å². The number of benzene rings is 1. The Labute approximate surface area is 120 Å². The molecule has 0 spiro atoms. The minimum atomic E-state index is -0.372. The lowest BCUT2D eigenvalue weighted by Gasteiger charge is -2.04. The maximum absolute atomic E-state index is 10.9. The Hall–Kier alpha value is -2.80. The van der Waals surface area contributed by atoms with Gasteiger partial charge in [0.1, 0.15) is 0 Å². The fraction of sp³-hybridized carbons (Fsp3) is 0.143. The SMILES string of the molecule is O=[N+]([O-])c1ccccc1CNCc1nnc2ccccn12. The molecule has 0 unspecified atom stereocenters. The Morgan fingerprint density at radius 1 is 1.10 bits per heavy atom. The summed E-state index contributed by atoms with van der Waals surface area (Å²) >= 11 is 0. The Kier molecular flexibility index (Phi) is 3.57. The maximum atomic E-state index is 10.9. The summed E-state index contributed by atoms with van der Waals surface area (Å²) < 4.78 is 1.88. The highest BCUT2D eigenvalue weighted by Crippen LogP contribution is 2.17. The molecule has 0 fully saturated rings. The van der Waals surface area contributed by atoms with Crippen LogP contribution in [0.1, 0.15) is 11.4 Å². The number of nitro benzene ring substituents is 1. The summed E-state index contributed by atoms with van der Waals surface area (Å²) in [5, 5.41) is 22.3. The molecule has 0 saturated carbocycles. The van der Waals surface area contributed by atoms with E-state index in [0.717, 1.165) is 11.5 Å². The normalized spacial score (nSPS) is 10.9. The molecule has 1 aromatic carbocycles. The first kappa shape index (κ1) is 13.2. The van der Waals surface area contributed by atoms with E-state index in [1.54, 1.807) is 18.2 Å². The van der Waals surface area contributed by atoms with Crippen LogP contribution in [-0.4, -0.2) is 19.5 Å². The van der Waals surface area contributed by atoms with Gasteiger partial charge in [0, 0.05) is 24.4 Å². The van der Waals surface area contributed by atoms with Crippen molar-refractivity contribution in [1.82, 2.24) is 19.9 Å². The van der Waals surface area contributed by atoms with Crippen molar-refractivity contribution in [3.8, 4) is 0 Å². The summed E-state index contributed by atoms with van der Waals surface area (Å²) in [5.74, 6) is 0.768. The zero-order valence-electron chi connectivity index (χ0n) is 11.1. The predicted octanol–water partition coefficient (Wildman–Crippen LogP) is 1.93. The van der Waals surface area contributed by atoms with Gasteiger partial charge in [0.25, 0.3) is 5.69 Å². The summed E-state index contributed by atoms with van der Waals surface area (Å²) in [6.45, 7) is 0.885. The topological polar surface area (TPSA) is 85.4 Å². The third-order valence-electron chi connectivity index (χ3n) is 3.17. The monoisotopic (exact) mass is 283 g/mol. The second-order valence-corrected chi connectivity index (χ2v) is 4.53. The Bertz CT molecular complexity index is 784. The van der Waals surface area contributed by atoms with Gasteiger partial charge in [0.05, 0.1) is 11.5 Å². The standard InChI is InChI=1S/C14H13N5O2/c20-19(21)12-6-2-1-5-11(12)9-15-10-14-17-16-13-7-3-4-8-18(13)14/h1-8,15H,9-10H2. The number of para-hydroxylation sites is 1. The fourth-order valence-corrected chi connectivity index (χ4v) is 2.16. The van der Waals surface area contributed by atoms with Crippen LogP contribution >= 0.6 is 0 Å². The zero-order chi connectivity index (χ0) is 14.7. The van der Waals surface area contributed by atoms with Gasteiger partial charge in [-0.15, -0.1) is 10.2 Å². The second kappa shape index (κ2) is 5.68. The number of nitrogens with zero attached hydrogens (tertiary/aromatic N) is 4. The molecule has 0 aliphatic carbocycles. The lowest BCUT2D eigenvalue weighted by molar-refractivity contribution is -0.385. The average Bonchev–Trinajstić information content (AvgIpc) is 2.91. The van der Waals surface area contributed by atoms with Crippen molar-refractivity contribution in [2.24, 2.45) is 0 Å². The van der Waals surface area contributed by atoms with E-state index in [-0.39, 0.29) is 10.6 Å².